The lowest BCUT2D eigenvalue weighted by molar-refractivity contribution is 0.180. The fraction of sp³-hybridized carbons (Fsp3) is 0.625. The third-order valence-corrected chi connectivity index (χ3v) is 4.58. The van der Waals surface area contributed by atoms with Crippen molar-refractivity contribution in [1.82, 2.24) is 5.32 Å². The van der Waals surface area contributed by atoms with Crippen molar-refractivity contribution in [3.8, 4) is 0 Å². The molecule has 2 heteroatoms. The monoisotopic (exact) mass is 265 g/mol. The molecule has 0 amide bonds. The van der Waals surface area contributed by atoms with Crippen molar-refractivity contribution in [2.24, 2.45) is 17.8 Å². The van der Waals surface area contributed by atoms with E-state index < -0.39 is 0 Å². The number of rotatable bonds is 3. The minimum absolute atomic E-state index is 0.392. The van der Waals surface area contributed by atoms with Gasteiger partial charge in [-0.3, -0.25) is 0 Å². The van der Waals surface area contributed by atoms with Crippen LogP contribution in [0.15, 0.2) is 24.3 Å². The van der Waals surface area contributed by atoms with E-state index in [1.54, 1.807) is 0 Å². The summed E-state index contributed by atoms with van der Waals surface area (Å²) in [6.07, 6.45) is 3.98. The highest BCUT2D eigenvalue weighted by Gasteiger charge is 2.30. The fourth-order valence-electron chi connectivity index (χ4n) is 3.65. The van der Waals surface area contributed by atoms with Gasteiger partial charge in [-0.2, -0.15) is 0 Å². The van der Waals surface area contributed by atoms with Crippen LogP contribution in [0, 0.1) is 17.8 Å². The Hall–Kier alpha value is -0.530. The molecule has 1 aliphatic carbocycles. The van der Waals surface area contributed by atoms with Crippen LogP contribution < -0.4 is 5.32 Å². The molecule has 0 radical (unpaired) electrons. The summed E-state index contributed by atoms with van der Waals surface area (Å²) in [5.41, 5.74) is 1.26. The number of hydrogen-bond donors (Lipinski definition) is 1. The molecule has 0 bridgehead atoms. The molecule has 0 aliphatic heterocycles. The van der Waals surface area contributed by atoms with E-state index in [2.05, 4.69) is 38.3 Å². The number of hydrogen-bond acceptors (Lipinski definition) is 1. The van der Waals surface area contributed by atoms with Crippen molar-refractivity contribution in [2.45, 2.75) is 39.2 Å². The SMILES string of the molecule is CNC(c1ccccc1Cl)C1CC(C)CC(C)C1. The third kappa shape index (κ3) is 3.07. The normalized spacial score (nSPS) is 30.1. The second kappa shape index (κ2) is 6.08. The van der Waals surface area contributed by atoms with E-state index in [0.717, 1.165) is 16.9 Å². The van der Waals surface area contributed by atoms with Gasteiger partial charge < -0.3 is 5.32 Å². The first-order chi connectivity index (χ1) is 8.61. The lowest BCUT2D eigenvalue weighted by Gasteiger charge is -2.37. The summed E-state index contributed by atoms with van der Waals surface area (Å²) in [6.45, 7) is 4.75. The predicted molar refractivity (Wildman–Crippen MR) is 78.9 cm³/mol. The number of benzene rings is 1. The molecule has 3 unspecified atom stereocenters. The Morgan fingerprint density at radius 2 is 1.72 bits per heavy atom. The van der Waals surface area contributed by atoms with Gasteiger partial charge in [-0.15, -0.1) is 0 Å². The van der Waals surface area contributed by atoms with Crippen LogP contribution in [-0.4, -0.2) is 7.05 Å². The zero-order chi connectivity index (χ0) is 13.1. The van der Waals surface area contributed by atoms with Crippen LogP contribution in [0.2, 0.25) is 5.02 Å². The predicted octanol–water partition coefficient (Wildman–Crippen LogP) is 4.67. The molecule has 1 aliphatic rings. The van der Waals surface area contributed by atoms with Crippen LogP contribution in [0.3, 0.4) is 0 Å². The quantitative estimate of drug-likeness (QED) is 0.837. The average molecular weight is 266 g/mol. The first-order valence-corrected chi connectivity index (χ1v) is 7.41. The maximum absolute atomic E-state index is 6.35. The van der Waals surface area contributed by atoms with E-state index in [0.29, 0.717) is 12.0 Å². The molecule has 3 atom stereocenters. The molecule has 18 heavy (non-hydrogen) atoms. The van der Waals surface area contributed by atoms with Crippen molar-refractivity contribution in [3.63, 3.8) is 0 Å². The second-order valence-corrected chi connectivity index (χ2v) is 6.37. The van der Waals surface area contributed by atoms with Crippen LogP contribution in [0.4, 0.5) is 0 Å². The molecular formula is C16H24ClN. The van der Waals surface area contributed by atoms with Gasteiger partial charge in [0, 0.05) is 11.1 Å². The molecule has 1 aromatic carbocycles. The standard InChI is InChI=1S/C16H24ClN/c1-11-8-12(2)10-13(9-11)16(18-3)14-6-4-5-7-15(14)17/h4-7,11-13,16,18H,8-10H2,1-3H3. The lowest BCUT2D eigenvalue weighted by Crippen LogP contribution is -2.31. The first kappa shape index (κ1) is 13.9. The summed E-state index contributed by atoms with van der Waals surface area (Å²) in [4.78, 5) is 0. The molecule has 2 rings (SSSR count). The zero-order valence-electron chi connectivity index (χ0n) is 11.6. The third-order valence-electron chi connectivity index (χ3n) is 4.24. The van der Waals surface area contributed by atoms with Crippen molar-refractivity contribution in [2.75, 3.05) is 7.05 Å². The maximum atomic E-state index is 6.35. The minimum atomic E-state index is 0.392. The molecule has 1 saturated carbocycles. The molecule has 0 saturated heterocycles. The molecule has 0 aromatic heterocycles. The van der Waals surface area contributed by atoms with E-state index in [-0.39, 0.29) is 0 Å². The highest BCUT2D eigenvalue weighted by Crippen LogP contribution is 2.41. The summed E-state index contributed by atoms with van der Waals surface area (Å²) >= 11 is 6.35. The summed E-state index contributed by atoms with van der Waals surface area (Å²) in [5, 5.41) is 4.38. The van der Waals surface area contributed by atoms with Crippen molar-refractivity contribution in [1.29, 1.82) is 0 Å². The summed E-state index contributed by atoms with van der Waals surface area (Å²) in [7, 11) is 2.05. The Kier molecular flexibility index (Phi) is 4.69. The first-order valence-electron chi connectivity index (χ1n) is 7.03. The molecule has 1 aromatic rings. The highest BCUT2D eigenvalue weighted by atomic mass is 35.5. The molecule has 0 spiro atoms. The van der Waals surface area contributed by atoms with Crippen molar-refractivity contribution in [3.05, 3.63) is 34.9 Å². The smallest absolute Gasteiger partial charge is 0.0453 e. The van der Waals surface area contributed by atoms with Gasteiger partial charge in [-0.25, -0.2) is 0 Å². The van der Waals surface area contributed by atoms with Gasteiger partial charge in [-0.1, -0.05) is 43.6 Å². The van der Waals surface area contributed by atoms with Crippen LogP contribution in [0.1, 0.15) is 44.7 Å². The van der Waals surface area contributed by atoms with Crippen molar-refractivity contribution < 1.29 is 0 Å². The second-order valence-electron chi connectivity index (χ2n) is 5.97. The Morgan fingerprint density at radius 3 is 2.28 bits per heavy atom. The Balaban J connectivity index is 2.20. The van der Waals surface area contributed by atoms with Gasteiger partial charge in [0.1, 0.15) is 0 Å². The average Bonchev–Trinajstić information content (AvgIpc) is 2.31. The van der Waals surface area contributed by atoms with Crippen LogP contribution in [0.25, 0.3) is 0 Å². The van der Waals surface area contributed by atoms with Crippen LogP contribution in [0.5, 0.6) is 0 Å². The van der Waals surface area contributed by atoms with E-state index in [9.17, 15) is 0 Å². The van der Waals surface area contributed by atoms with Crippen LogP contribution in [-0.2, 0) is 0 Å². The van der Waals surface area contributed by atoms with E-state index in [4.69, 9.17) is 11.6 Å². The topological polar surface area (TPSA) is 12.0 Å². The van der Waals surface area contributed by atoms with E-state index in [1.165, 1.54) is 24.8 Å². The zero-order valence-corrected chi connectivity index (χ0v) is 12.4. The Bertz CT molecular complexity index is 380. The Morgan fingerprint density at radius 1 is 1.11 bits per heavy atom. The van der Waals surface area contributed by atoms with E-state index >= 15 is 0 Å². The summed E-state index contributed by atoms with van der Waals surface area (Å²) in [6, 6.07) is 8.64. The van der Waals surface area contributed by atoms with Gasteiger partial charge >= 0.3 is 0 Å². The fourth-order valence-corrected chi connectivity index (χ4v) is 3.91. The molecule has 1 fully saturated rings. The number of halogens is 1. The van der Waals surface area contributed by atoms with Gasteiger partial charge in [0.15, 0.2) is 0 Å². The summed E-state index contributed by atoms with van der Waals surface area (Å²) in [5.74, 6) is 2.36. The van der Waals surface area contributed by atoms with E-state index in [1.807, 2.05) is 12.1 Å². The Labute approximate surface area is 116 Å². The van der Waals surface area contributed by atoms with Gasteiger partial charge in [0.05, 0.1) is 0 Å². The molecule has 0 heterocycles. The number of nitrogens with one attached hydrogen (secondary N) is 1. The lowest BCUT2D eigenvalue weighted by atomic mass is 9.72. The highest BCUT2D eigenvalue weighted by molar-refractivity contribution is 6.31. The molecule has 100 valence electrons. The molecule has 1 N–H and O–H groups in total. The maximum Gasteiger partial charge on any atom is 0.0453 e. The van der Waals surface area contributed by atoms with Gasteiger partial charge in [0.2, 0.25) is 0 Å². The summed E-state index contributed by atoms with van der Waals surface area (Å²) < 4.78 is 0. The van der Waals surface area contributed by atoms with Gasteiger partial charge in [-0.05, 0) is 55.7 Å². The van der Waals surface area contributed by atoms with Crippen molar-refractivity contribution >= 4 is 11.6 Å². The van der Waals surface area contributed by atoms with Crippen LogP contribution >= 0.6 is 11.6 Å². The minimum Gasteiger partial charge on any atom is -0.313 e. The van der Waals surface area contributed by atoms with Gasteiger partial charge in [0.25, 0.3) is 0 Å². The largest absolute Gasteiger partial charge is 0.313 e. The molecule has 1 nitrogen and oxygen atoms in total. The molecular weight excluding hydrogens is 242 g/mol.